The molecular formula is C19H15N3O4. The number of amides is 1. The summed E-state index contributed by atoms with van der Waals surface area (Å²) in [6, 6.07) is 10.2. The maximum absolute atomic E-state index is 12.4. The second-order valence-corrected chi connectivity index (χ2v) is 5.44. The van der Waals surface area contributed by atoms with Crippen LogP contribution < -0.4 is 0 Å². The third-order valence-corrected chi connectivity index (χ3v) is 3.74. The molecule has 0 bridgehead atoms. The number of pyridine rings is 1. The molecular weight excluding hydrogens is 334 g/mol. The molecule has 0 saturated carbocycles. The van der Waals surface area contributed by atoms with Crippen LogP contribution in [-0.4, -0.2) is 40.6 Å². The lowest BCUT2D eigenvalue weighted by molar-refractivity contribution is -0.135. The van der Waals surface area contributed by atoms with Gasteiger partial charge in [-0.15, -0.1) is 0 Å². The average molecular weight is 349 g/mol. The second kappa shape index (κ2) is 7.10. The highest BCUT2D eigenvalue weighted by Crippen LogP contribution is 2.25. The molecule has 2 aromatic rings. The summed E-state index contributed by atoms with van der Waals surface area (Å²) in [5.74, 6) is -1.30. The van der Waals surface area contributed by atoms with Crippen LogP contribution in [0.3, 0.4) is 0 Å². The SMILES string of the molecule is COC(=O)/C(C1=NC(=NC(=O)c2cccnc2)c2ccccc21)=C(\C)O. The van der Waals surface area contributed by atoms with Crippen LogP contribution >= 0.6 is 0 Å². The predicted octanol–water partition coefficient (Wildman–Crippen LogP) is 2.48. The first-order chi connectivity index (χ1) is 12.5. The number of aliphatic hydroxyl groups excluding tert-OH is 1. The van der Waals surface area contributed by atoms with E-state index in [9.17, 15) is 14.7 Å². The van der Waals surface area contributed by atoms with Crippen LogP contribution in [0.5, 0.6) is 0 Å². The highest BCUT2D eigenvalue weighted by atomic mass is 16.5. The summed E-state index contributed by atoms with van der Waals surface area (Å²) in [5, 5.41) is 9.93. The van der Waals surface area contributed by atoms with Gasteiger partial charge in [0, 0.05) is 23.5 Å². The van der Waals surface area contributed by atoms with Gasteiger partial charge in [-0.3, -0.25) is 9.78 Å². The molecule has 0 unspecified atom stereocenters. The van der Waals surface area contributed by atoms with Crippen molar-refractivity contribution in [3.8, 4) is 0 Å². The molecule has 0 spiro atoms. The number of nitrogens with zero attached hydrogens (tertiary/aromatic N) is 3. The van der Waals surface area contributed by atoms with E-state index in [2.05, 4.69) is 15.0 Å². The Morgan fingerprint density at radius 3 is 2.46 bits per heavy atom. The summed E-state index contributed by atoms with van der Waals surface area (Å²) in [4.78, 5) is 36.7. The Hall–Kier alpha value is -3.61. The molecule has 7 nitrogen and oxygen atoms in total. The predicted molar refractivity (Wildman–Crippen MR) is 95.4 cm³/mol. The lowest BCUT2D eigenvalue weighted by Gasteiger charge is -2.07. The van der Waals surface area contributed by atoms with Crippen LogP contribution in [0.25, 0.3) is 0 Å². The van der Waals surface area contributed by atoms with Crippen LogP contribution in [0.2, 0.25) is 0 Å². The summed E-state index contributed by atoms with van der Waals surface area (Å²) < 4.78 is 4.73. The number of aromatic nitrogens is 1. The summed E-state index contributed by atoms with van der Waals surface area (Å²) in [5.41, 5.74) is 1.63. The molecule has 1 amide bonds. The maximum Gasteiger partial charge on any atom is 0.343 e. The largest absolute Gasteiger partial charge is 0.512 e. The first-order valence-corrected chi connectivity index (χ1v) is 7.73. The Bertz CT molecular complexity index is 971. The standard InChI is InChI=1S/C19H15N3O4/c1-11(23)15(19(25)26-2)16-13-7-3-4-8-14(13)17(21-16)22-18(24)12-6-5-9-20-10-12/h3-10,23H,1-2H3/b15-11+,22-17?. The van der Waals surface area contributed by atoms with Crippen LogP contribution in [0.4, 0.5) is 0 Å². The van der Waals surface area contributed by atoms with Gasteiger partial charge in [-0.25, -0.2) is 9.79 Å². The third-order valence-electron chi connectivity index (χ3n) is 3.74. The fraction of sp³-hybridized carbons (Fsp3) is 0.105. The zero-order valence-electron chi connectivity index (χ0n) is 14.1. The Labute approximate surface area is 149 Å². The van der Waals surface area contributed by atoms with Gasteiger partial charge in [0.25, 0.3) is 5.91 Å². The molecule has 1 aliphatic heterocycles. The molecule has 3 rings (SSSR count). The number of aliphatic hydroxyl groups is 1. The zero-order valence-corrected chi connectivity index (χ0v) is 14.1. The molecule has 1 aromatic heterocycles. The van der Waals surface area contributed by atoms with Crippen molar-refractivity contribution in [2.75, 3.05) is 7.11 Å². The van der Waals surface area contributed by atoms with Crippen LogP contribution in [0, 0.1) is 0 Å². The second-order valence-electron chi connectivity index (χ2n) is 5.44. The van der Waals surface area contributed by atoms with Crippen LogP contribution in [0.1, 0.15) is 28.4 Å². The monoisotopic (exact) mass is 349 g/mol. The number of carbonyl (C=O) groups excluding carboxylic acids is 2. The Morgan fingerprint density at radius 2 is 1.85 bits per heavy atom. The smallest absolute Gasteiger partial charge is 0.343 e. The molecule has 0 atom stereocenters. The normalized spacial score (nSPS) is 15.2. The Morgan fingerprint density at radius 1 is 1.12 bits per heavy atom. The molecule has 0 aliphatic carbocycles. The van der Waals surface area contributed by atoms with Crippen molar-refractivity contribution < 1.29 is 19.4 Å². The van der Waals surface area contributed by atoms with Gasteiger partial charge in [0.05, 0.1) is 18.4 Å². The number of fused-ring (bicyclic) bond motifs is 1. The van der Waals surface area contributed by atoms with Crippen molar-refractivity contribution in [2.24, 2.45) is 9.98 Å². The highest BCUT2D eigenvalue weighted by Gasteiger charge is 2.30. The number of benzene rings is 1. The Kier molecular flexibility index (Phi) is 4.70. The minimum absolute atomic E-state index is 0.0704. The van der Waals surface area contributed by atoms with E-state index in [4.69, 9.17) is 4.74 Å². The Balaban J connectivity index is 2.12. The lowest BCUT2D eigenvalue weighted by Crippen LogP contribution is -2.16. The lowest BCUT2D eigenvalue weighted by atomic mass is 9.99. The minimum Gasteiger partial charge on any atom is -0.512 e. The number of methoxy groups -OCH3 is 1. The summed E-state index contributed by atoms with van der Waals surface area (Å²) in [6.45, 7) is 1.37. The van der Waals surface area contributed by atoms with Crippen molar-refractivity contribution in [3.63, 3.8) is 0 Å². The summed E-state index contributed by atoms with van der Waals surface area (Å²) in [7, 11) is 1.22. The topological polar surface area (TPSA) is 101 Å². The molecule has 1 N–H and O–H groups in total. The number of hydrogen-bond acceptors (Lipinski definition) is 5. The molecule has 2 heterocycles. The number of allylic oxidation sites excluding steroid dienone is 1. The van der Waals surface area contributed by atoms with E-state index < -0.39 is 11.9 Å². The number of carbonyl (C=O) groups is 2. The first kappa shape index (κ1) is 17.2. The van der Waals surface area contributed by atoms with E-state index >= 15 is 0 Å². The van der Waals surface area contributed by atoms with Crippen molar-refractivity contribution in [1.29, 1.82) is 0 Å². The minimum atomic E-state index is -0.724. The van der Waals surface area contributed by atoms with Crippen LogP contribution in [-0.2, 0) is 9.53 Å². The molecule has 26 heavy (non-hydrogen) atoms. The van der Waals surface area contributed by atoms with Gasteiger partial charge in [-0.05, 0) is 19.1 Å². The van der Waals surface area contributed by atoms with Gasteiger partial charge in [0.2, 0.25) is 0 Å². The van der Waals surface area contributed by atoms with Gasteiger partial charge < -0.3 is 9.84 Å². The first-order valence-electron chi connectivity index (χ1n) is 7.73. The molecule has 0 radical (unpaired) electrons. The van der Waals surface area contributed by atoms with Crippen LogP contribution in [0.15, 0.2) is 70.1 Å². The third kappa shape index (κ3) is 3.14. The van der Waals surface area contributed by atoms with E-state index in [1.807, 2.05) is 0 Å². The highest BCUT2D eigenvalue weighted by molar-refractivity contribution is 6.36. The van der Waals surface area contributed by atoms with Gasteiger partial charge >= 0.3 is 5.97 Å². The molecule has 130 valence electrons. The van der Waals surface area contributed by atoms with Gasteiger partial charge in [-0.1, -0.05) is 24.3 Å². The number of hydrogen-bond donors (Lipinski definition) is 1. The van der Waals surface area contributed by atoms with E-state index in [1.54, 1.807) is 42.6 Å². The zero-order chi connectivity index (χ0) is 18.7. The van der Waals surface area contributed by atoms with Crippen molar-refractivity contribution in [2.45, 2.75) is 6.92 Å². The van der Waals surface area contributed by atoms with Crippen molar-refractivity contribution in [3.05, 3.63) is 76.8 Å². The van der Waals surface area contributed by atoms with E-state index in [0.717, 1.165) is 0 Å². The summed E-state index contributed by atoms with van der Waals surface area (Å²) in [6.07, 6.45) is 2.97. The van der Waals surface area contributed by atoms with Gasteiger partial charge in [0.15, 0.2) is 5.84 Å². The number of rotatable bonds is 3. The van der Waals surface area contributed by atoms with E-state index in [1.165, 1.54) is 20.2 Å². The van der Waals surface area contributed by atoms with Gasteiger partial charge in [0.1, 0.15) is 11.3 Å². The average Bonchev–Trinajstić information content (AvgIpc) is 3.00. The van der Waals surface area contributed by atoms with Crippen molar-refractivity contribution in [1.82, 2.24) is 4.98 Å². The van der Waals surface area contributed by atoms with Crippen molar-refractivity contribution >= 4 is 23.4 Å². The number of aliphatic imine (C=N–C) groups is 2. The maximum atomic E-state index is 12.4. The fourth-order valence-electron chi connectivity index (χ4n) is 2.55. The molecule has 1 aromatic carbocycles. The number of amidine groups is 1. The van der Waals surface area contributed by atoms with Gasteiger partial charge in [-0.2, -0.15) is 4.99 Å². The quantitative estimate of drug-likeness (QED) is 0.521. The summed E-state index contributed by atoms with van der Waals surface area (Å²) >= 11 is 0. The molecule has 1 aliphatic rings. The molecule has 7 heteroatoms. The molecule has 0 saturated heterocycles. The molecule has 0 fully saturated rings. The van der Waals surface area contributed by atoms with E-state index in [0.29, 0.717) is 16.7 Å². The number of esters is 1. The van der Waals surface area contributed by atoms with E-state index in [-0.39, 0.29) is 22.9 Å². The number of ether oxygens (including phenoxy) is 1. The fourth-order valence-corrected chi connectivity index (χ4v) is 2.55.